The topological polar surface area (TPSA) is 38.3 Å². The van der Waals surface area contributed by atoms with Crippen molar-refractivity contribution in [3.63, 3.8) is 0 Å². The minimum Gasteiger partial charge on any atom is -0.467 e. The molecule has 4 heteroatoms. The number of hydrogen-bond acceptors (Lipinski definition) is 3. The highest BCUT2D eigenvalue weighted by Crippen LogP contribution is 2.28. The van der Waals surface area contributed by atoms with E-state index in [0.29, 0.717) is 11.4 Å². The molecule has 0 bridgehead atoms. The fourth-order valence-electron chi connectivity index (χ4n) is 1.62. The molecule has 0 fully saturated rings. The zero-order chi connectivity index (χ0) is 10.1. The third kappa shape index (κ3) is 1.55. The smallest absolute Gasteiger partial charge is 0.328 e. The number of nitrogens with one attached hydrogen (secondary N) is 1. The van der Waals surface area contributed by atoms with Crippen LogP contribution in [-0.2, 0) is 16.0 Å². The van der Waals surface area contributed by atoms with E-state index >= 15 is 0 Å². The lowest BCUT2D eigenvalue weighted by Crippen LogP contribution is -2.27. The summed E-state index contributed by atoms with van der Waals surface area (Å²) in [4.78, 5) is 11.2. The summed E-state index contributed by atoms with van der Waals surface area (Å²) in [6, 6.07) is 5.27. The highest BCUT2D eigenvalue weighted by atomic mass is 35.5. The second kappa shape index (κ2) is 3.50. The molecule has 0 aliphatic carbocycles. The molecule has 1 aliphatic heterocycles. The van der Waals surface area contributed by atoms with Crippen LogP contribution in [0.4, 0.5) is 5.69 Å². The normalized spacial score (nSPS) is 18.6. The van der Waals surface area contributed by atoms with Crippen LogP contribution in [0.15, 0.2) is 18.2 Å². The van der Waals surface area contributed by atoms with Gasteiger partial charge >= 0.3 is 5.97 Å². The van der Waals surface area contributed by atoms with E-state index in [9.17, 15) is 4.79 Å². The number of benzene rings is 1. The van der Waals surface area contributed by atoms with Crippen molar-refractivity contribution in [2.75, 3.05) is 12.4 Å². The second-order valence-electron chi connectivity index (χ2n) is 3.23. The molecule has 0 unspecified atom stereocenters. The van der Waals surface area contributed by atoms with Gasteiger partial charge in [-0.3, -0.25) is 0 Å². The Morgan fingerprint density at radius 3 is 3.14 bits per heavy atom. The quantitative estimate of drug-likeness (QED) is 0.721. The first-order chi connectivity index (χ1) is 6.70. The van der Waals surface area contributed by atoms with E-state index in [1.165, 1.54) is 7.11 Å². The first-order valence-electron chi connectivity index (χ1n) is 4.33. The molecule has 1 aromatic rings. The lowest BCUT2D eigenvalue weighted by atomic mass is 10.1. The lowest BCUT2D eigenvalue weighted by molar-refractivity contribution is -0.141. The van der Waals surface area contributed by atoms with Gasteiger partial charge in [0.2, 0.25) is 0 Å². The van der Waals surface area contributed by atoms with Crippen molar-refractivity contribution in [2.45, 2.75) is 12.5 Å². The molecule has 0 aromatic heterocycles. The summed E-state index contributed by atoms with van der Waals surface area (Å²) in [5, 5.41) is 3.77. The van der Waals surface area contributed by atoms with Gasteiger partial charge in [0.25, 0.3) is 0 Å². The molecule has 1 atom stereocenters. The van der Waals surface area contributed by atoms with Crippen LogP contribution in [0, 0.1) is 0 Å². The third-order valence-corrected chi connectivity index (χ3v) is 2.54. The summed E-state index contributed by atoms with van der Waals surface area (Å²) in [6.45, 7) is 0. The van der Waals surface area contributed by atoms with E-state index in [0.717, 1.165) is 11.3 Å². The number of methoxy groups -OCH3 is 1. The van der Waals surface area contributed by atoms with Crippen LogP contribution in [0.3, 0.4) is 0 Å². The molecule has 0 saturated carbocycles. The number of halogens is 1. The number of carbonyl (C=O) groups is 1. The zero-order valence-electron chi connectivity index (χ0n) is 7.71. The third-order valence-electron chi connectivity index (χ3n) is 2.31. The Morgan fingerprint density at radius 2 is 2.43 bits per heavy atom. The largest absolute Gasteiger partial charge is 0.467 e. The van der Waals surface area contributed by atoms with Gasteiger partial charge in [-0.1, -0.05) is 11.6 Å². The van der Waals surface area contributed by atoms with Crippen LogP contribution >= 0.6 is 11.6 Å². The predicted molar refractivity (Wildman–Crippen MR) is 54.6 cm³/mol. The lowest BCUT2D eigenvalue weighted by Gasteiger charge is -2.07. The van der Waals surface area contributed by atoms with Gasteiger partial charge in [-0.2, -0.15) is 0 Å². The Balaban J connectivity index is 2.22. The van der Waals surface area contributed by atoms with Crippen molar-refractivity contribution in [3.8, 4) is 0 Å². The summed E-state index contributed by atoms with van der Waals surface area (Å²) in [5.74, 6) is -0.239. The summed E-state index contributed by atoms with van der Waals surface area (Å²) in [6.07, 6.45) is 0.641. The summed E-state index contributed by atoms with van der Waals surface area (Å²) in [7, 11) is 1.39. The molecule has 74 valence electrons. The number of ether oxygens (including phenoxy) is 1. The zero-order valence-corrected chi connectivity index (χ0v) is 8.47. The molecule has 3 nitrogen and oxygen atoms in total. The maximum absolute atomic E-state index is 11.2. The standard InChI is InChI=1S/C10H10ClNO2/c1-14-10(13)9-5-6-4-7(11)2-3-8(6)12-9/h2-4,9,12H,5H2,1H3/t9-/m0/s1. The molecule has 1 aliphatic rings. The Morgan fingerprint density at radius 1 is 1.64 bits per heavy atom. The SMILES string of the molecule is COC(=O)[C@@H]1Cc2cc(Cl)ccc2N1. The van der Waals surface area contributed by atoms with Crippen molar-refractivity contribution < 1.29 is 9.53 Å². The molecule has 1 aromatic carbocycles. The number of esters is 1. The van der Waals surface area contributed by atoms with Crippen molar-refractivity contribution in [1.29, 1.82) is 0 Å². The summed E-state index contributed by atoms with van der Waals surface area (Å²) >= 11 is 5.84. The number of hydrogen-bond donors (Lipinski definition) is 1. The molecule has 1 N–H and O–H groups in total. The second-order valence-corrected chi connectivity index (χ2v) is 3.66. The van der Waals surface area contributed by atoms with E-state index < -0.39 is 0 Å². The minimum absolute atomic E-state index is 0.239. The van der Waals surface area contributed by atoms with Crippen LogP contribution in [0.25, 0.3) is 0 Å². The van der Waals surface area contributed by atoms with Gasteiger partial charge in [0.05, 0.1) is 7.11 Å². The molecular formula is C10H10ClNO2. The van der Waals surface area contributed by atoms with Gasteiger partial charge in [0, 0.05) is 17.1 Å². The maximum Gasteiger partial charge on any atom is 0.328 e. The van der Waals surface area contributed by atoms with Crippen molar-refractivity contribution in [1.82, 2.24) is 0 Å². The van der Waals surface area contributed by atoms with Gasteiger partial charge < -0.3 is 10.1 Å². The van der Waals surface area contributed by atoms with Crippen LogP contribution < -0.4 is 5.32 Å². The summed E-state index contributed by atoms with van der Waals surface area (Å²) in [5.41, 5.74) is 2.03. The van der Waals surface area contributed by atoms with Crippen LogP contribution in [0.1, 0.15) is 5.56 Å². The average molecular weight is 212 g/mol. The van der Waals surface area contributed by atoms with E-state index in [1.807, 2.05) is 12.1 Å². The Bertz CT molecular complexity index is 378. The van der Waals surface area contributed by atoms with Gasteiger partial charge in [0.15, 0.2) is 0 Å². The molecule has 2 rings (SSSR count). The van der Waals surface area contributed by atoms with Gasteiger partial charge in [-0.15, -0.1) is 0 Å². The number of fused-ring (bicyclic) bond motifs is 1. The highest BCUT2D eigenvalue weighted by Gasteiger charge is 2.27. The fourth-order valence-corrected chi connectivity index (χ4v) is 1.81. The number of rotatable bonds is 1. The Kier molecular flexibility index (Phi) is 2.33. The molecule has 0 spiro atoms. The number of carbonyl (C=O) groups excluding carboxylic acids is 1. The van der Waals surface area contributed by atoms with Crippen LogP contribution in [0.2, 0.25) is 5.02 Å². The molecule has 0 amide bonds. The predicted octanol–water partition coefficient (Wildman–Crippen LogP) is 1.85. The molecule has 0 radical (unpaired) electrons. The van der Waals surface area contributed by atoms with Crippen LogP contribution in [0.5, 0.6) is 0 Å². The van der Waals surface area contributed by atoms with E-state index in [2.05, 4.69) is 10.1 Å². The van der Waals surface area contributed by atoms with Crippen molar-refractivity contribution >= 4 is 23.3 Å². The highest BCUT2D eigenvalue weighted by molar-refractivity contribution is 6.30. The molecule has 1 heterocycles. The van der Waals surface area contributed by atoms with E-state index in [4.69, 9.17) is 11.6 Å². The summed E-state index contributed by atoms with van der Waals surface area (Å²) < 4.78 is 4.66. The van der Waals surface area contributed by atoms with E-state index in [-0.39, 0.29) is 12.0 Å². The first-order valence-corrected chi connectivity index (χ1v) is 4.71. The number of anilines is 1. The monoisotopic (exact) mass is 211 g/mol. The molecule has 0 saturated heterocycles. The van der Waals surface area contributed by atoms with Gasteiger partial charge in [0.1, 0.15) is 6.04 Å². The molecule has 14 heavy (non-hydrogen) atoms. The average Bonchev–Trinajstić information content (AvgIpc) is 2.59. The Labute approximate surface area is 87.0 Å². The van der Waals surface area contributed by atoms with Crippen molar-refractivity contribution in [2.24, 2.45) is 0 Å². The fraction of sp³-hybridized carbons (Fsp3) is 0.300. The minimum atomic E-state index is -0.270. The Hall–Kier alpha value is -1.22. The first kappa shape index (κ1) is 9.34. The maximum atomic E-state index is 11.2. The van der Waals surface area contributed by atoms with Gasteiger partial charge in [-0.25, -0.2) is 4.79 Å². The van der Waals surface area contributed by atoms with Gasteiger partial charge in [-0.05, 0) is 23.8 Å². The van der Waals surface area contributed by atoms with E-state index in [1.54, 1.807) is 6.07 Å². The van der Waals surface area contributed by atoms with Crippen molar-refractivity contribution in [3.05, 3.63) is 28.8 Å². The molecular weight excluding hydrogens is 202 g/mol. The van der Waals surface area contributed by atoms with Crippen LogP contribution in [-0.4, -0.2) is 19.1 Å².